The van der Waals surface area contributed by atoms with Crippen molar-refractivity contribution in [1.82, 2.24) is 10.6 Å². The summed E-state index contributed by atoms with van der Waals surface area (Å²) in [5.74, 6) is -0.0293. The molecule has 1 fully saturated rings. The van der Waals surface area contributed by atoms with Crippen molar-refractivity contribution in [1.29, 1.82) is 0 Å². The minimum atomic E-state index is -0.247. The van der Waals surface area contributed by atoms with Gasteiger partial charge in [0.2, 0.25) is 5.91 Å². The molecule has 2 N–H and O–H groups in total. The van der Waals surface area contributed by atoms with E-state index in [1.54, 1.807) is 0 Å². The van der Waals surface area contributed by atoms with E-state index in [9.17, 15) is 4.79 Å². The predicted molar refractivity (Wildman–Crippen MR) is 112 cm³/mol. The molecule has 1 amide bonds. The fourth-order valence-electron chi connectivity index (χ4n) is 3.45. The number of hydrogen-bond acceptors (Lipinski definition) is 3. The number of nitrogens with one attached hydrogen (secondary N) is 2. The number of amides is 1. The Morgan fingerprint density at radius 2 is 1.93 bits per heavy atom. The van der Waals surface area contributed by atoms with Gasteiger partial charge in [-0.15, -0.1) is 0 Å². The maximum absolute atomic E-state index is 12.5. The molecule has 2 aromatic carbocycles. The van der Waals surface area contributed by atoms with Crippen LogP contribution >= 0.6 is 27.5 Å². The number of benzene rings is 2. The first-order chi connectivity index (χ1) is 13.0. The van der Waals surface area contributed by atoms with Crippen molar-refractivity contribution in [3.8, 4) is 0 Å². The van der Waals surface area contributed by atoms with Crippen molar-refractivity contribution in [3.63, 3.8) is 0 Å². The molecule has 0 aromatic heterocycles. The van der Waals surface area contributed by atoms with Crippen LogP contribution in [0.5, 0.6) is 0 Å². The molecule has 1 saturated heterocycles. The highest BCUT2D eigenvalue weighted by Gasteiger charge is 2.34. The van der Waals surface area contributed by atoms with Gasteiger partial charge < -0.3 is 10.1 Å². The minimum absolute atomic E-state index is 0.0293. The van der Waals surface area contributed by atoms with Crippen molar-refractivity contribution >= 4 is 33.4 Å². The lowest BCUT2D eigenvalue weighted by atomic mass is 9.82. The lowest BCUT2D eigenvalue weighted by Gasteiger charge is -2.39. The van der Waals surface area contributed by atoms with E-state index < -0.39 is 0 Å². The van der Waals surface area contributed by atoms with Gasteiger partial charge in [0, 0.05) is 28.2 Å². The quantitative estimate of drug-likeness (QED) is 0.676. The molecule has 1 atom stereocenters. The molecule has 1 heterocycles. The van der Waals surface area contributed by atoms with Crippen LogP contribution in [0.1, 0.15) is 36.9 Å². The Kier molecular flexibility index (Phi) is 6.93. The molecule has 0 aliphatic carbocycles. The zero-order valence-corrected chi connectivity index (χ0v) is 17.6. The summed E-state index contributed by atoms with van der Waals surface area (Å²) in [6.45, 7) is 3.59. The van der Waals surface area contributed by atoms with Crippen molar-refractivity contribution in [2.75, 3.05) is 19.8 Å². The Morgan fingerprint density at radius 1 is 1.22 bits per heavy atom. The molecular formula is C21H24BrClN2O2. The van der Waals surface area contributed by atoms with E-state index in [-0.39, 0.29) is 24.0 Å². The van der Waals surface area contributed by atoms with Crippen molar-refractivity contribution in [3.05, 3.63) is 69.2 Å². The van der Waals surface area contributed by atoms with Crippen LogP contribution in [0, 0.1) is 0 Å². The molecule has 0 saturated carbocycles. The van der Waals surface area contributed by atoms with E-state index >= 15 is 0 Å². The smallest absolute Gasteiger partial charge is 0.234 e. The largest absolute Gasteiger partial charge is 0.381 e. The van der Waals surface area contributed by atoms with Gasteiger partial charge in [0.15, 0.2) is 0 Å². The van der Waals surface area contributed by atoms with Crippen LogP contribution in [0.4, 0.5) is 0 Å². The number of carbonyl (C=O) groups excluding carboxylic acids is 1. The fraction of sp³-hybridized carbons (Fsp3) is 0.381. The number of hydrogen-bond donors (Lipinski definition) is 2. The highest BCUT2D eigenvalue weighted by molar-refractivity contribution is 9.10. The average Bonchev–Trinajstić information content (AvgIpc) is 2.67. The molecule has 144 valence electrons. The zero-order chi connectivity index (χ0) is 19.3. The van der Waals surface area contributed by atoms with Crippen molar-refractivity contribution in [2.45, 2.75) is 31.3 Å². The highest BCUT2D eigenvalue weighted by Crippen LogP contribution is 2.33. The van der Waals surface area contributed by atoms with Crippen LogP contribution in [-0.2, 0) is 15.1 Å². The molecular weight excluding hydrogens is 428 g/mol. The number of halogens is 2. The summed E-state index contributed by atoms with van der Waals surface area (Å²) in [7, 11) is 0. The zero-order valence-electron chi connectivity index (χ0n) is 15.3. The van der Waals surface area contributed by atoms with E-state index in [2.05, 4.69) is 38.7 Å². The van der Waals surface area contributed by atoms with Gasteiger partial charge in [-0.3, -0.25) is 10.1 Å². The number of carbonyl (C=O) groups is 1. The SMILES string of the molecule is CC(NC(=O)CNC1(c2cccc(Br)c2)CCOCC1)c1ccc(Cl)cc1. The molecule has 1 aliphatic heterocycles. The van der Waals surface area contributed by atoms with Gasteiger partial charge in [0.1, 0.15) is 0 Å². The fourth-order valence-corrected chi connectivity index (χ4v) is 3.98. The monoisotopic (exact) mass is 450 g/mol. The van der Waals surface area contributed by atoms with Gasteiger partial charge >= 0.3 is 0 Å². The second-order valence-corrected chi connectivity index (χ2v) is 8.25. The minimum Gasteiger partial charge on any atom is -0.381 e. The van der Waals surface area contributed by atoms with E-state index in [4.69, 9.17) is 16.3 Å². The van der Waals surface area contributed by atoms with Gasteiger partial charge in [0.05, 0.1) is 12.6 Å². The van der Waals surface area contributed by atoms with E-state index in [1.807, 2.05) is 43.3 Å². The molecule has 2 aromatic rings. The third-order valence-electron chi connectivity index (χ3n) is 5.06. The summed E-state index contributed by atoms with van der Waals surface area (Å²) in [4.78, 5) is 12.5. The van der Waals surface area contributed by atoms with Crippen LogP contribution in [0.15, 0.2) is 53.0 Å². The summed E-state index contributed by atoms with van der Waals surface area (Å²) in [5, 5.41) is 7.25. The van der Waals surface area contributed by atoms with Crippen LogP contribution in [0.3, 0.4) is 0 Å². The van der Waals surface area contributed by atoms with E-state index in [1.165, 1.54) is 5.56 Å². The molecule has 1 aliphatic rings. The summed E-state index contributed by atoms with van der Waals surface area (Å²) in [6.07, 6.45) is 1.67. The second-order valence-electron chi connectivity index (χ2n) is 6.90. The summed E-state index contributed by atoms with van der Waals surface area (Å²) in [6, 6.07) is 15.7. The Morgan fingerprint density at radius 3 is 2.59 bits per heavy atom. The Labute approximate surface area is 173 Å². The lowest BCUT2D eigenvalue weighted by molar-refractivity contribution is -0.121. The van der Waals surface area contributed by atoms with Gasteiger partial charge in [-0.25, -0.2) is 0 Å². The van der Waals surface area contributed by atoms with E-state index in [0.717, 1.165) is 22.9 Å². The standard InChI is InChI=1S/C21H24BrClN2O2/c1-15(16-5-7-19(23)8-6-16)25-20(26)14-24-21(9-11-27-12-10-21)17-3-2-4-18(22)13-17/h2-8,13,15,24H,9-12,14H2,1H3,(H,25,26). The maximum Gasteiger partial charge on any atom is 0.234 e. The Balaban J connectivity index is 1.64. The molecule has 0 bridgehead atoms. The molecule has 3 rings (SSSR count). The highest BCUT2D eigenvalue weighted by atomic mass is 79.9. The predicted octanol–water partition coefficient (Wildman–Crippen LogP) is 4.58. The van der Waals surface area contributed by atoms with Crippen molar-refractivity contribution in [2.24, 2.45) is 0 Å². The normalized spacial score (nSPS) is 17.3. The third kappa shape index (κ3) is 5.32. The summed E-state index contributed by atoms with van der Waals surface area (Å²) < 4.78 is 6.59. The van der Waals surface area contributed by atoms with Crippen LogP contribution < -0.4 is 10.6 Å². The van der Waals surface area contributed by atoms with Crippen molar-refractivity contribution < 1.29 is 9.53 Å². The third-order valence-corrected chi connectivity index (χ3v) is 5.80. The first-order valence-corrected chi connectivity index (χ1v) is 10.3. The summed E-state index contributed by atoms with van der Waals surface area (Å²) in [5.41, 5.74) is 1.96. The van der Waals surface area contributed by atoms with Gasteiger partial charge in [-0.1, -0.05) is 51.8 Å². The van der Waals surface area contributed by atoms with E-state index in [0.29, 0.717) is 18.2 Å². The number of rotatable bonds is 6. The summed E-state index contributed by atoms with van der Waals surface area (Å²) >= 11 is 9.48. The average molecular weight is 452 g/mol. The van der Waals surface area contributed by atoms with Gasteiger partial charge in [0.25, 0.3) is 0 Å². The Hall–Kier alpha value is -1.40. The first kappa shape index (κ1) is 20.3. The van der Waals surface area contributed by atoms with Crippen LogP contribution in [-0.4, -0.2) is 25.7 Å². The number of ether oxygens (including phenoxy) is 1. The van der Waals surface area contributed by atoms with Gasteiger partial charge in [-0.2, -0.15) is 0 Å². The van der Waals surface area contributed by atoms with Crippen LogP contribution in [0.2, 0.25) is 5.02 Å². The Bertz CT molecular complexity index is 776. The lowest BCUT2D eigenvalue weighted by Crippen LogP contribution is -2.50. The molecule has 4 nitrogen and oxygen atoms in total. The molecule has 0 radical (unpaired) electrons. The topological polar surface area (TPSA) is 50.4 Å². The molecule has 27 heavy (non-hydrogen) atoms. The molecule has 6 heteroatoms. The molecule has 1 unspecified atom stereocenters. The molecule has 0 spiro atoms. The first-order valence-electron chi connectivity index (χ1n) is 9.12. The van der Waals surface area contributed by atoms with Gasteiger partial charge in [-0.05, 0) is 55.2 Å². The van der Waals surface area contributed by atoms with Crippen LogP contribution in [0.25, 0.3) is 0 Å². The second kappa shape index (κ2) is 9.20. The maximum atomic E-state index is 12.5.